The zero-order valence-corrected chi connectivity index (χ0v) is 18.6. The number of amides is 2. The van der Waals surface area contributed by atoms with Crippen LogP contribution in [0.1, 0.15) is 32.2 Å². The molecule has 3 aromatic carbocycles. The van der Waals surface area contributed by atoms with Gasteiger partial charge in [0.15, 0.2) is 11.5 Å². The van der Waals surface area contributed by atoms with Crippen LogP contribution < -0.4 is 10.6 Å². The summed E-state index contributed by atoms with van der Waals surface area (Å²) in [5, 5.41) is 10.1. The average Bonchev–Trinajstić information content (AvgIpc) is 3.47. The van der Waals surface area contributed by atoms with Crippen molar-refractivity contribution in [2.45, 2.75) is 13.8 Å². The van der Waals surface area contributed by atoms with Crippen molar-refractivity contribution in [2.75, 3.05) is 10.6 Å². The second-order valence-electron chi connectivity index (χ2n) is 8.02. The lowest BCUT2D eigenvalue weighted by atomic mass is 10.1. The van der Waals surface area contributed by atoms with Gasteiger partial charge in [-0.3, -0.25) is 9.59 Å². The molecule has 0 aliphatic heterocycles. The van der Waals surface area contributed by atoms with E-state index in [0.29, 0.717) is 22.4 Å². The molecule has 0 aliphatic carbocycles. The van der Waals surface area contributed by atoms with Gasteiger partial charge in [0.2, 0.25) is 5.76 Å². The maximum absolute atomic E-state index is 13.0. The van der Waals surface area contributed by atoms with Crippen LogP contribution in [0.5, 0.6) is 0 Å². The predicted molar refractivity (Wildman–Crippen MR) is 130 cm³/mol. The zero-order valence-electron chi connectivity index (χ0n) is 18.6. The normalized spacial score (nSPS) is 10.9. The Morgan fingerprint density at radius 3 is 2.21 bits per heavy atom. The fourth-order valence-corrected chi connectivity index (χ4v) is 3.57. The molecule has 168 valence electrons. The van der Waals surface area contributed by atoms with Crippen molar-refractivity contribution in [3.8, 4) is 11.3 Å². The maximum Gasteiger partial charge on any atom is 0.293 e. The number of aromatic nitrogens is 1. The number of benzene rings is 3. The van der Waals surface area contributed by atoms with Crippen LogP contribution in [0.2, 0.25) is 0 Å². The van der Waals surface area contributed by atoms with Crippen molar-refractivity contribution in [2.24, 2.45) is 0 Å². The van der Waals surface area contributed by atoms with Crippen molar-refractivity contribution < 1.29 is 18.5 Å². The minimum atomic E-state index is -0.516. The number of furan rings is 1. The van der Waals surface area contributed by atoms with Crippen molar-refractivity contribution in [1.29, 1.82) is 0 Å². The first-order valence-electron chi connectivity index (χ1n) is 10.7. The summed E-state index contributed by atoms with van der Waals surface area (Å²) in [6.45, 7) is 3.96. The van der Waals surface area contributed by atoms with Gasteiger partial charge in [-0.05, 0) is 38.1 Å². The average molecular weight is 451 g/mol. The summed E-state index contributed by atoms with van der Waals surface area (Å²) >= 11 is 0. The molecule has 0 bridgehead atoms. The zero-order chi connectivity index (χ0) is 23.7. The molecule has 5 rings (SSSR count). The molecule has 2 amide bonds. The molecule has 7 nitrogen and oxygen atoms in total. The summed E-state index contributed by atoms with van der Waals surface area (Å²) in [4.78, 5) is 26.1. The molecule has 0 radical (unpaired) electrons. The molecule has 0 saturated heterocycles. The summed E-state index contributed by atoms with van der Waals surface area (Å²) < 4.78 is 11.2. The Hall–Kier alpha value is -4.65. The van der Waals surface area contributed by atoms with E-state index in [9.17, 15) is 9.59 Å². The Balaban J connectivity index is 1.44. The number of hydrogen-bond acceptors (Lipinski definition) is 5. The van der Waals surface area contributed by atoms with Gasteiger partial charge < -0.3 is 19.6 Å². The van der Waals surface area contributed by atoms with Gasteiger partial charge in [0.1, 0.15) is 11.3 Å². The van der Waals surface area contributed by atoms with Crippen LogP contribution in [0.3, 0.4) is 0 Å². The summed E-state index contributed by atoms with van der Waals surface area (Å²) in [5.74, 6) is -0.522. The lowest BCUT2D eigenvalue weighted by molar-refractivity contribution is 0.0999. The predicted octanol–water partition coefficient (Wildman–Crippen LogP) is 6.21. The van der Waals surface area contributed by atoms with E-state index < -0.39 is 11.8 Å². The quantitative estimate of drug-likeness (QED) is 0.331. The molecule has 5 aromatic rings. The number of rotatable bonds is 5. The monoisotopic (exact) mass is 451 g/mol. The highest BCUT2D eigenvalue weighted by Gasteiger charge is 2.24. The standard InChI is InChI=1S/C27H21N3O4/c1-16-7-11-18(12-8-16)23-15-21(30-34-23)26(31)29-24-20-5-3-4-6-22(20)33-25(24)27(32)28-19-13-9-17(2)10-14-19/h3-15H,1-2H3,(H,28,32)(H,29,31). The molecule has 2 heterocycles. The van der Waals surface area contributed by atoms with Gasteiger partial charge in [-0.15, -0.1) is 0 Å². The number of carbonyl (C=O) groups excluding carboxylic acids is 2. The second-order valence-corrected chi connectivity index (χ2v) is 8.02. The van der Waals surface area contributed by atoms with Crippen molar-refractivity contribution >= 4 is 34.2 Å². The minimum absolute atomic E-state index is 0.00243. The fourth-order valence-electron chi connectivity index (χ4n) is 3.57. The first-order valence-corrected chi connectivity index (χ1v) is 10.7. The number of nitrogens with one attached hydrogen (secondary N) is 2. The largest absolute Gasteiger partial charge is 0.449 e. The molecular formula is C27H21N3O4. The number of aryl methyl sites for hydroxylation is 2. The van der Waals surface area contributed by atoms with E-state index in [1.807, 2.05) is 50.2 Å². The van der Waals surface area contributed by atoms with Gasteiger partial charge in [-0.25, -0.2) is 0 Å². The molecule has 0 unspecified atom stereocenters. The molecule has 0 fully saturated rings. The van der Waals surface area contributed by atoms with Gasteiger partial charge in [0.05, 0.1) is 0 Å². The van der Waals surface area contributed by atoms with E-state index in [2.05, 4.69) is 15.8 Å². The first-order chi connectivity index (χ1) is 16.5. The van der Waals surface area contributed by atoms with Crippen molar-refractivity contribution in [3.63, 3.8) is 0 Å². The van der Waals surface area contributed by atoms with Crippen LogP contribution in [-0.2, 0) is 0 Å². The SMILES string of the molecule is Cc1ccc(NC(=O)c2oc3ccccc3c2NC(=O)c2cc(-c3ccc(C)cc3)on2)cc1. The third kappa shape index (κ3) is 4.19. The van der Waals surface area contributed by atoms with Crippen LogP contribution in [0, 0.1) is 13.8 Å². The Morgan fingerprint density at radius 1 is 0.794 bits per heavy atom. The van der Waals surface area contributed by atoms with Gasteiger partial charge in [0, 0.05) is 22.7 Å². The summed E-state index contributed by atoms with van der Waals surface area (Å²) in [5.41, 5.74) is 4.46. The Morgan fingerprint density at radius 2 is 1.47 bits per heavy atom. The number of hydrogen-bond donors (Lipinski definition) is 2. The van der Waals surface area contributed by atoms with E-state index in [0.717, 1.165) is 16.7 Å². The molecular weight excluding hydrogens is 430 g/mol. The van der Waals surface area contributed by atoms with E-state index in [4.69, 9.17) is 8.94 Å². The summed E-state index contributed by atoms with van der Waals surface area (Å²) in [6.07, 6.45) is 0. The van der Waals surface area contributed by atoms with Gasteiger partial charge >= 0.3 is 0 Å². The highest BCUT2D eigenvalue weighted by atomic mass is 16.5. The number of nitrogens with zero attached hydrogens (tertiary/aromatic N) is 1. The summed E-state index contributed by atoms with van der Waals surface area (Å²) in [6, 6.07) is 23.8. The highest BCUT2D eigenvalue weighted by molar-refractivity contribution is 6.16. The molecule has 7 heteroatoms. The lowest BCUT2D eigenvalue weighted by Gasteiger charge is -2.06. The Kier molecular flexibility index (Phi) is 5.43. The number of anilines is 2. The molecule has 2 aromatic heterocycles. The van der Waals surface area contributed by atoms with E-state index in [1.54, 1.807) is 42.5 Å². The second kappa shape index (κ2) is 8.71. The number of fused-ring (bicyclic) bond motifs is 1. The molecule has 0 aliphatic rings. The molecule has 0 atom stereocenters. The Bertz CT molecular complexity index is 1500. The van der Waals surface area contributed by atoms with E-state index >= 15 is 0 Å². The maximum atomic E-state index is 13.0. The number of para-hydroxylation sites is 1. The van der Waals surface area contributed by atoms with Crippen molar-refractivity contribution in [1.82, 2.24) is 5.16 Å². The minimum Gasteiger partial charge on any atom is -0.449 e. The third-order valence-electron chi connectivity index (χ3n) is 5.43. The van der Waals surface area contributed by atoms with E-state index in [-0.39, 0.29) is 17.1 Å². The van der Waals surface area contributed by atoms with Gasteiger partial charge in [0.25, 0.3) is 11.8 Å². The lowest BCUT2D eigenvalue weighted by Crippen LogP contribution is -2.17. The van der Waals surface area contributed by atoms with Crippen LogP contribution in [0.15, 0.2) is 87.8 Å². The molecule has 34 heavy (non-hydrogen) atoms. The van der Waals surface area contributed by atoms with Crippen molar-refractivity contribution in [3.05, 3.63) is 101 Å². The first kappa shape index (κ1) is 21.2. The van der Waals surface area contributed by atoms with Gasteiger partial charge in [-0.1, -0.05) is 64.8 Å². The molecule has 2 N–H and O–H groups in total. The molecule has 0 saturated carbocycles. The number of carbonyl (C=O) groups is 2. The molecule has 0 spiro atoms. The highest BCUT2D eigenvalue weighted by Crippen LogP contribution is 2.32. The van der Waals surface area contributed by atoms with Crippen LogP contribution >= 0.6 is 0 Å². The van der Waals surface area contributed by atoms with Crippen LogP contribution in [0.25, 0.3) is 22.3 Å². The summed E-state index contributed by atoms with van der Waals surface area (Å²) in [7, 11) is 0. The third-order valence-corrected chi connectivity index (χ3v) is 5.43. The Labute approximate surface area is 195 Å². The smallest absolute Gasteiger partial charge is 0.293 e. The van der Waals surface area contributed by atoms with Crippen LogP contribution in [-0.4, -0.2) is 17.0 Å². The topological polar surface area (TPSA) is 97.4 Å². The van der Waals surface area contributed by atoms with E-state index in [1.165, 1.54) is 0 Å². The van der Waals surface area contributed by atoms with Crippen LogP contribution in [0.4, 0.5) is 11.4 Å². The van der Waals surface area contributed by atoms with Gasteiger partial charge in [-0.2, -0.15) is 0 Å². The fraction of sp³-hybridized carbons (Fsp3) is 0.0741.